The van der Waals surface area contributed by atoms with Crippen molar-refractivity contribution in [2.75, 3.05) is 39.4 Å². The number of carbonyl (C=O) groups is 1. The monoisotopic (exact) mass is 367 g/mol. The maximum atomic E-state index is 12.7. The van der Waals surface area contributed by atoms with Crippen LogP contribution in [0.25, 0.3) is 0 Å². The average Bonchev–Trinajstić information content (AvgIpc) is 3.09. The molecule has 5 nitrogen and oxygen atoms in total. The Kier molecular flexibility index (Phi) is 9.16. The molecule has 0 aliphatic carbocycles. The van der Waals surface area contributed by atoms with E-state index in [4.69, 9.17) is 10.5 Å². The van der Waals surface area contributed by atoms with Crippen LogP contribution < -0.4 is 5.73 Å². The van der Waals surface area contributed by atoms with Crippen LogP contribution in [0.15, 0.2) is 0 Å². The van der Waals surface area contributed by atoms with Gasteiger partial charge in [-0.05, 0) is 57.5 Å². The van der Waals surface area contributed by atoms with Crippen molar-refractivity contribution in [3.05, 3.63) is 0 Å². The van der Waals surface area contributed by atoms with Gasteiger partial charge in [0.2, 0.25) is 5.91 Å². The third-order valence-electron chi connectivity index (χ3n) is 5.42. The fraction of sp³-hybridized carbons (Fsp3) is 0.938. The molecule has 3 aliphatic heterocycles. The number of rotatable bonds is 3. The highest BCUT2D eigenvalue weighted by atomic mass is 35.5. The van der Waals surface area contributed by atoms with Gasteiger partial charge in [-0.25, -0.2) is 0 Å². The molecule has 0 radical (unpaired) electrons. The summed E-state index contributed by atoms with van der Waals surface area (Å²) in [6.45, 7) is 5.69. The van der Waals surface area contributed by atoms with Gasteiger partial charge in [-0.3, -0.25) is 9.69 Å². The van der Waals surface area contributed by atoms with Crippen molar-refractivity contribution in [1.29, 1.82) is 0 Å². The second-order valence-electron chi connectivity index (χ2n) is 6.80. The Morgan fingerprint density at radius 1 is 1.00 bits per heavy atom. The van der Waals surface area contributed by atoms with Gasteiger partial charge in [0.05, 0.1) is 6.04 Å². The van der Waals surface area contributed by atoms with Crippen LogP contribution in [0.1, 0.15) is 38.5 Å². The van der Waals surface area contributed by atoms with Crippen LogP contribution >= 0.6 is 24.8 Å². The Morgan fingerprint density at radius 2 is 1.65 bits per heavy atom. The first-order chi connectivity index (χ1) is 10.3. The van der Waals surface area contributed by atoms with Gasteiger partial charge in [0, 0.05) is 32.3 Å². The van der Waals surface area contributed by atoms with E-state index in [0.717, 1.165) is 45.6 Å². The number of ether oxygens (including phenoxy) is 1. The normalized spacial score (nSPS) is 27.9. The molecule has 2 N–H and O–H groups in total. The Balaban J connectivity index is 0.00000132. The molecule has 136 valence electrons. The summed E-state index contributed by atoms with van der Waals surface area (Å²) in [7, 11) is 0. The van der Waals surface area contributed by atoms with Crippen molar-refractivity contribution < 1.29 is 9.53 Å². The van der Waals surface area contributed by atoms with Gasteiger partial charge in [-0.2, -0.15) is 0 Å². The Labute approximate surface area is 152 Å². The topological polar surface area (TPSA) is 58.8 Å². The highest BCUT2D eigenvalue weighted by Gasteiger charge is 2.34. The molecule has 2 unspecified atom stereocenters. The number of amides is 1. The number of hydrogen-bond donors (Lipinski definition) is 1. The van der Waals surface area contributed by atoms with Crippen molar-refractivity contribution >= 4 is 30.7 Å². The first kappa shape index (κ1) is 21.0. The van der Waals surface area contributed by atoms with Gasteiger partial charge in [0.1, 0.15) is 0 Å². The lowest BCUT2D eigenvalue weighted by Gasteiger charge is -2.39. The van der Waals surface area contributed by atoms with E-state index in [1.54, 1.807) is 0 Å². The van der Waals surface area contributed by atoms with E-state index >= 15 is 0 Å². The third kappa shape index (κ3) is 5.20. The van der Waals surface area contributed by atoms with Gasteiger partial charge in [0.25, 0.3) is 0 Å². The van der Waals surface area contributed by atoms with E-state index in [1.165, 1.54) is 32.4 Å². The number of nitrogens with two attached hydrogens (primary N) is 1. The summed E-state index contributed by atoms with van der Waals surface area (Å²) < 4.78 is 5.37. The van der Waals surface area contributed by atoms with E-state index in [2.05, 4.69) is 4.90 Å². The van der Waals surface area contributed by atoms with Crippen LogP contribution in [0.5, 0.6) is 0 Å². The van der Waals surface area contributed by atoms with Crippen LogP contribution in [0.4, 0.5) is 0 Å². The van der Waals surface area contributed by atoms with Crippen LogP contribution in [-0.4, -0.2) is 67.2 Å². The summed E-state index contributed by atoms with van der Waals surface area (Å²) in [5.41, 5.74) is 6.26. The molecule has 3 rings (SSSR count). The highest BCUT2D eigenvalue weighted by molar-refractivity contribution is 5.85. The molecule has 0 bridgehead atoms. The van der Waals surface area contributed by atoms with Crippen LogP contribution in [0.3, 0.4) is 0 Å². The predicted octanol–water partition coefficient (Wildman–Crippen LogP) is 1.67. The van der Waals surface area contributed by atoms with Crippen LogP contribution in [0, 0.1) is 5.92 Å². The van der Waals surface area contributed by atoms with Gasteiger partial charge in [-0.15, -0.1) is 24.8 Å². The van der Waals surface area contributed by atoms with Crippen molar-refractivity contribution in [3.63, 3.8) is 0 Å². The molecule has 23 heavy (non-hydrogen) atoms. The van der Waals surface area contributed by atoms with Gasteiger partial charge < -0.3 is 15.4 Å². The van der Waals surface area contributed by atoms with Gasteiger partial charge in [-0.1, -0.05) is 0 Å². The molecular weight excluding hydrogens is 337 g/mol. The minimum atomic E-state index is -0.328. The van der Waals surface area contributed by atoms with Crippen molar-refractivity contribution in [2.45, 2.75) is 50.6 Å². The molecule has 3 heterocycles. The van der Waals surface area contributed by atoms with Crippen LogP contribution in [0.2, 0.25) is 0 Å². The lowest BCUT2D eigenvalue weighted by atomic mass is 9.91. The van der Waals surface area contributed by atoms with Crippen molar-refractivity contribution in [2.24, 2.45) is 11.7 Å². The zero-order chi connectivity index (χ0) is 14.7. The molecular formula is C16H31Cl2N3O2. The number of piperidine rings is 1. The molecule has 0 aromatic carbocycles. The molecule has 7 heteroatoms. The maximum Gasteiger partial charge on any atom is 0.239 e. The Morgan fingerprint density at radius 3 is 2.30 bits per heavy atom. The lowest BCUT2D eigenvalue weighted by molar-refractivity contribution is -0.136. The summed E-state index contributed by atoms with van der Waals surface area (Å²) in [4.78, 5) is 17.3. The molecule has 0 spiro atoms. The van der Waals surface area contributed by atoms with E-state index in [-0.39, 0.29) is 36.8 Å². The summed E-state index contributed by atoms with van der Waals surface area (Å²) in [6, 6.07) is 0.235. The SMILES string of the molecule is Cl.Cl.NC(C(=O)N1CCCC(N2CCCC2)C1)C1CCOCC1. The Bertz CT molecular complexity index is 361. The molecule has 0 aromatic heterocycles. The first-order valence-corrected chi connectivity index (χ1v) is 8.62. The number of carbonyl (C=O) groups excluding carboxylic acids is 1. The molecule has 2 atom stereocenters. The largest absolute Gasteiger partial charge is 0.381 e. The molecule has 3 fully saturated rings. The number of halogens is 2. The Hall–Kier alpha value is -0.0700. The predicted molar refractivity (Wildman–Crippen MR) is 96.4 cm³/mol. The fourth-order valence-corrected chi connectivity index (χ4v) is 4.05. The number of nitrogens with zero attached hydrogens (tertiary/aromatic N) is 2. The van der Waals surface area contributed by atoms with E-state index in [9.17, 15) is 4.79 Å². The van der Waals surface area contributed by atoms with Crippen molar-refractivity contribution in [3.8, 4) is 0 Å². The fourth-order valence-electron chi connectivity index (χ4n) is 4.05. The second kappa shape index (κ2) is 10.0. The third-order valence-corrected chi connectivity index (χ3v) is 5.42. The van der Waals surface area contributed by atoms with E-state index in [0.29, 0.717) is 12.0 Å². The highest BCUT2D eigenvalue weighted by Crippen LogP contribution is 2.23. The van der Waals surface area contributed by atoms with E-state index in [1.807, 2.05) is 4.90 Å². The van der Waals surface area contributed by atoms with Gasteiger partial charge >= 0.3 is 0 Å². The standard InChI is InChI=1S/C16H29N3O2.2ClH/c17-15(13-5-10-21-11-6-13)16(20)19-9-3-4-14(12-19)18-7-1-2-8-18;;/h13-15H,1-12,17H2;2*1H. The summed E-state index contributed by atoms with van der Waals surface area (Å²) in [5.74, 6) is 0.476. The van der Waals surface area contributed by atoms with Crippen LogP contribution in [-0.2, 0) is 9.53 Å². The summed E-state index contributed by atoms with van der Waals surface area (Å²) in [5, 5.41) is 0. The van der Waals surface area contributed by atoms with Crippen molar-refractivity contribution in [1.82, 2.24) is 9.80 Å². The average molecular weight is 368 g/mol. The first-order valence-electron chi connectivity index (χ1n) is 8.62. The lowest BCUT2D eigenvalue weighted by Crippen LogP contribution is -2.55. The molecule has 3 saturated heterocycles. The molecule has 0 saturated carbocycles. The second-order valence-corrected chi connectivity index (χ2v) is 6.80. The van der Waals surface area contributed by atoms with E-state index < -0.39 is 0 Å². The molecule has 3 aliphatic rings. The summed E-state index contributed by atoms with van der Waals surface area (Å²) in [6.07, 6.45) is 6.83. The van der Waals surface area contributed by atoms with Gasteiger partial charge in [0.15, 0.2) is 0 Å². The quantitative estimate of drug-likeness (QED) is 0.823. The zero-order valence-corrected chi connectivity index (χ0v) is 15.5. The minimum absolute atomic E-state index is 0. The summed E-state index contributed by atoms with van der Waals surface area (Å²) >= 11 is 0. The molecule has 1 amide bonds. The maximum absolute atomic E-state index is 12.7. The smallest absolute Gasteiger partial charge is 0.239 e. The molecule has 0 aromatic rings. The number of likely N-dealkylation sites (tertiary alicyclic amines) is 2. The minimum Gasteiger partial charge on any atom is -0.381 e. The number of hydrogen-bond acceptors (Lipinski definition) is 4. The zero-order valence-electron chi connectivity index (χ0n) is 13.8.